The van der Waals surface area contributed by atoms with Gasteiger partial charge in [0.05, 0.1) is 0 Å². The molecule has 100 valence electrons. The summed E-state index contributed by atoms with van der Waals surface area (Å²) < 4.78 is 0. The van der Waals surface area contributed by atoms with E-state index in [9.17, 15) is 0 Å². The lowest BCUT2D eigenvalue weighted by atomic mass is 9.98. The van der Waals surface area contributed by atoms with Crippen LogP contribution >= 0.6 is 11.6 Å². The Morgan fingerprint density at radius 1 is 1.22 bits per heavy atom. The number of rotatable bonds is 4. The van der Waals surface area contributed by atoms with Gasteiger partial charge < -0.3 is 0 Å². The smallest absolute Gasteiger partial charge is 0.0238 e. The molecule has 0 amide bonds. The maximum Gasteiger partial charge on any atom is 0.0238 e. The van der Waals surface area contributed by atoms with Crippen molar-refractivity contribution in [2.75, 3.05) is 12.4 Å². The average Bonchev–Trinajstić information content (AvgIpc) is 2.37. The highest BCUT2D eigenvalue weighted by atomic mass is 35.5. The number of piperidine rings is 1. The Labute approximate surface area is 116 Å². The predicted molar refractivity (Wildman–Crippen MR) is 79.3 cm³/mol. The van der Waals surface area contributed by atoms with Gasteiger partial charge >= 0.3 is 0 Å². The normalized spacial score (nSPS) is 21.2. The fourth-order valence-electron chi connectivity index (χ4n) is 2.86. The molecule has 1 atom stereocenters. The molecular formula is C16H24ClN. The zero-order valence-corrected chi connectivity index (χ0v) is 12.3. The van der Waals surface area contributed by atoms with Crippen molar-refractivity contribution in [2.45, 2.75) is 52.1 Å². The first kappa shape index (κ1) is 13.9. The number of alkyl halides is 1. The van der Waals surface area contributed by atoms with E-state index < -0.39 is 0 Å². The first-order valence-electron chi connectivity index (χ1n) is 7.07. The molecule has 1 unspecified atom stereocenters. The summed E-state index contributed by atoms with van der Waals surface area (Å²) in [6.45, 7) is 6.69. The van der Waals surface area contributed by atoms with Crippen molar-refractivity contribution in [3.05, 3.63) is 34.9 Å². The maximum atomic E-state index is 5.92. The van der Waals surface area contributed by atoms with Crippen LogP contribution in [-0.2, 0) is 6.54 Å². The lowest BCUT2D eigenvalue weighted by Gasteiger charge is -2.35. The van der Waals surface area contributed by atoms with Crippen molar-refractivity contribution in [1.82, 2.24) is 4.90 Å². The van der Waals surface area contributed by atoms with Gasteiger partial charge in [0, 0.05) is 18.5 Å². The molecule has 0 spiro atoms. The molecule has 0 radical (unpaired) electrons. The van der Waals surface area contributed by atoms with E-state index >= 15 is 0 Å². The first-order chi connectivity index (χ1) is 8.70. The third kappa shape index (κ3) is 3.49. The minimum atomic E-state index is 0.692. The highest BCUT2D eigenvalue weighted by molar-refractivity contribution is 6.17. The molecule has 1 aliphatic rings. The molecule has 1 heterocycles. The summed E-state index contributed by atoms with van der Waals surface area (Å²) in [5.41, 5.74) is 4.23. The van der Waals surface area contributed by atoms with Crippen molar-refractivity contribution < 1.29 is 0 Å². The second-order valence-corrected chi connectivity index (χ2v) is 5.89. The van der Waals surface area contributed by atoms with Gasteiger partial charge in [-0.05, 0) is 56.3 Å². The molecule has 18 heavy (non-hydrogen) atoms. The van der Waals surface area contributed by atoms with E-state index in [4.69, 9.17) is 11.6 Å². The third-order valence-electron chi connectivity index (χ3n) is 4.15. The maximum absolute atomic E-state index is 5.92. The van der Waals surface area contributed by atoms with Gasteiger partial charge in [-0.2, -0.15) is 0 Å². The van der Waals surface area contributed by atoms with Gasteiger partial charge in [0.2, 0.25) is 0 Å². The van der Waals surface area contributed by atoms with E-state index in [0.29, 0.717) is 6.04 Å². The molecular weight excluding hydrogens is 242 g/mol. The fourth-order valence-corrected chi connectivity index (χ4v) is 3.11. The van der Waals surface area contributed by atoms with Crippen molar-refractivity contribution in [3.8, 4) is 0 Å². The number of likely N-dealkylation sites (tertiary alicyclic amines) is 1. The Balaban J connectivity index is 2.03. The van der Waals surface area contributed by atoms with Crippen molar-refractivity contribution >= 4 is 11.6 Å². The van der Waals surface area contributed by atoms with Crippen molar-refractivity contribution in [3.63, 3.8) is 0 Å². The molecule has 1 aliphatic heterocycles. The summed E-state index contributed by atoms with van der Waals surface area (Å²) in [6, 6.07) is 7.54. The van der Waals surface area contributed by atoms with Crippen LogP contribution < -0.4 is 0 Å². The average molecular weight is 266 g/mol. The number of hydrogen-bond donors (Lipinski definition) is 0. The van der Waals surface area contributed by atoms with Gasteiger partial charge in [-0.3, -0.25) is 4.90 Å². The van der Waals surface area contributed by atoms with Crippen LogP contribution in [0, 0.1) is 13.8 Å². The molecule has 0 saturated carbocycles. The summed E-state index contributed by atoms with van der Waals surface area (Å²) >= 11 is 5.92. The van der Waals surface area contributed by atoms with E-state index in [1.165, 1.54) is 42.5 Å². The second-order valence-electron chi connectivity index (χ2n) is 5.52. The lowest BCUT2D eigenvalue weighted by Crippen LogP contribution is -2.39. The van der Waals surface area contributed by atoms with Gasteiger partial charge in [-0.1, -0.05) is 24.6 Å². The number of halogens is 1. The summed E-state index contributed by atoms with van der Waals surface area (Å²) in [4.78, 5) is 2.62. The van der Waals surface area contributed by atoms with Crippen LogP contribution in [0.5, 0.6) is 0 Å². The van der Waals surface area contributed by atoms with E-state index in [0.717, 1.165) is 18.8 Å². The van der Waals surface area contributed by atoms with Crippen LogP contribution in [0.4, 0.5) is 0 Å². The first-order valence-corrected chi connectivity index (χ1v) is 7.60. The highest BCUT2D eigenvalue weighted by Crippen LogP contribution is 2.23. The molecule has 2 rings (SSSR count). The van der Waals surface area contributed by atoms with Crippen LogP contribution in [0.2, 0.25) is 0 Å². The number of aryl methyl sites for hydroxylation is 2. The molecule has 0 bridgehead atoms. The zero-order chi connectivity index (χ0) is 13.0. The number of nitrogens with zero attached hydrogens (tertiary/aromatic N) is 1. The van der Waals surface area contributed by atoms with E-state index in [1.807, 2.05) is 0 Å². The summed E-state index contributed by atoms with van der Waals surface area (Å²) in [5.74, 6) is 0.786. The fraction of sp³-hybridized carbons (Fsp3) is 0.625. The molecule has 1 aromatic rings. The molecule has 0 aliphatic carbocycles. The Kier molecular flexibility index (Phi) is 5.08. The SMILES string of the molecule is Cc1ccc(CN2CCCCC2CCCl)cc1C. The number of benzene rings is 1. The molecule has 0 aromatic heterocycles. The molecule has 2 heteroatoms. The Morgan fingerprint density at radius 2 is 2.06 bits per heavy atom. The lowest BCUT2D eigenvalue weighted by molar-refractivity contribution is 0.137. The Morgan fingerprint density at radius 3 is 2.78 bits per heavy atom. The molecule has 1 saturated heterocycles. The largest absolute Gasteiger partial charge is 0.296 e. The predicted octanol–water partition coefficient (Wildman–Crippen LogP) is 4.29. The minimum absolute atomic E-state index is 0.692. The van der Waals surface area contributed by atoms with E-state index in [-0.39, 0.29) is 0 Å². The van der Waals surface area contributed by atoms with Gasteiger partial charge in [-0.15, -0.1) is 11.6 Å². The monoisotopic (exact) mass is 265 g/mol. The molecule has 1 aromatic carbocycles. The molecule has 1 nitrogen and oxygen atoms in total. The quantitative estimate of drug-likeness (QED) is 0.735. The molecule has 1 fully saturated rings. The summed E-state index contributed by atoms with van der Waals surface area (Å²) in [6.07, 6.45) is 5.15. The van der Waals surface area contributed by atoms with Gasteiger partial charge in [0.1, 0.15) is 0 Å². The van der Waals surface area contributed by atoms with Crippen LogP contribution in [0.1, 0.15) is 42.4 Å². The second kappa shape index (κ2) is 6.58. The van der Waals surface area contributed by atoms with E-state index in [1.54, 1.807) is 0 Å². The minimum Gasteiger partial charge on any atom is -0.296 e. The summed E-state index contributed by atoms with van der Waals surface area (Å²) in [7, 11) is 0. The van der Waals surface area contributed by atoms with Crippen molar-refractivity contribution in [2.24, 2.45) is 0 Å². The summed E-state index contributed by atoms with van der Waals surface area (Å²) in [5, 5.41) is 0. The zero-order valence-electron chi connectivity index (χ0n) is 11.6. The van der Waals surface area contributed by atoms with E-state index in [2.05, 4.69) is 36.9 Å². The van der Waals surface area contributed by atoms with Crippen molar-refractivity contribution in [1.29, 1.82) is 0 Å². The highest BCUT2D eigenvalue weighted by Gasteiger charge is 2.21. The van der Waals surface area contributed by atoms with Crippen LogP contribution in [-0.4, -0.2) is 23.4 Å². The van der Waals surface area contributed by atoms with Gasteiger partial charge in [-0.25, -0.2) is 0 Å². The van der Waals surface area contributed by atoms with Crippen LogP contribution in [0.15, 0.2) is 18.2 Å². The Bertz CT molecular complexity index is 387. The van der Waals surface area contributed by atoms with Gasteiger partial charge in [0.15, 0.2) is 0 Å². The third-order valence-corrected chi connectivity index (χ3v) is 4.37. The Hall–Kier alpha value is -0.530. The number of hydrogen-bond acceptors (Lipinski definition) is 1. The van der Waals surface area contributed by atoms with Gasteiger partial charge in [0.25, 0.3) is 0 Å². The molecule has 0 N–H and O–H groups in total. The standard InChI is InChI=1S/C16H24ClN/c1-13-6-7-15(11-14(13)2)12-18-10-4-3-5-16(18)8-9-17/h6-7,11,16H,3-5,8-10,12H2,1-2H3. The topological polar surface area (TPSA) is 3.24 Å². The van der Waals surface area contributed by atoms with Crippen LogP contribution in [0.3, 0.4) is 0 Å². The van der Waals surface area contributed by atoms with Crippen LogP contribution in [0.25, 0.3) is 0 Å².